The Bertz CT molecular complexity index is 727. The van der Waals surface area contributed by atoms with E-state index in [0.717, 1.165) is 0 Å². The van der Waals surface area contributed by atoms with Gasteiger partial charge in [-0.15, -0.1) is 0 Å². The molecule has 0 bridgehead atoms. The van der Waals surface area contributed by atoms with Crippen molar-refractivity contribution in [3.63, 3.8) is 0 Å². The van der Waals surface area contributed by atoms with E-state index in [1.807, 2.05) is 6.07 Å². The van der Waals surface area contributed by atoms with Crippen LogP contribution in [0.25, 0.3) is 0 Å². The summed E-state index contributed by atoms with van der Waals surface area (Å²) in [5.41, 5.74) is 0.916. The van der Waals surface area contributed by atoms with Gasteiger partial charge in [-0.25, -0.2) is 4.79 Å². The van der Waals surface area contributed by atoms with E-state index in [2.05, 4.69) is 4.74 Å². The van der Waals surface area contributed by atoms with Crippen molar-refractivity contribution in [2.24, 2.45) is 0 Å². The van der Waals surface area contributed by atoms with Crippen molar-refractivity contribution >= 4 is 17.7 Å². The first-order valence-corrected chi connectivity index (χ1v) is 7.41. The Labute approximate surface area is 139 Å². The second kappa shape index (κ2) is 8.57. The number of ether oxygens (including phenoxy) is 2. The summed E-state index contributed by atoms with van der Waals surface area (Å²) in [6.45, 7) is 0.0661. The van der Waals surface area contributed by atoms with E-state index < -0.39 is 11.9 Å². The Morgan fingerprint density at radius 3 is 2.42 bits per heavy atom. The molecular weight excluding hydrogens is 310 g/mol. The minimum Gasteiger partial charge on any atom is -0.469 e. The topological polar surface area (TPSA) is 73.6 Å². The molecule has 2 rings (SSSR count). The first-order valence-electron chi connectivity index (χ1n) is 7.41. The highest BCUT2D eigenvalue weighted by Gasteiger charge is 2.16. The van der Waals surface area contributed by atoms with Crippen molar-refractivity contribution in [1.29, 1.82) is 0 Å². The number of hydrogen-bond donors (Lipinski definition) is 0. The molecule has 1 aromatic carbocycles. The Morgan fingerprint density at radius 2 is 1.71 bits per heavy atom. The number of carbonyl (C=O) groups is 3. The van der Waals surface area contributed by atoms with Crippen molar-refractivity contribution in [3.05, 3.63) is 66.0 Å². The van der Waals surface area contributed by atoms with E-state index >= 15 is 0 Å². The summed E-state index contributed by atoms with van der Waals surface area (Å²) in [7, 11) is 1.27. The molecule has 0 radical (unpaired) electrons. The molecule has 6 nitrogen and oxygen atoms in total. The Morgan fingerprint density at radius 1 is 1.00 bits per heavy atom. The highest BCUT2D eigenvalue weighted by molar-refractivity contribution is 5.95. The van der Waals surface area contributed by atoms with Crippen molar-refractivity contribution in [3.8, 4) is 0 Å². The summed E-state index contributed by atoms with van der Waals surface area (Å²) < 4.78 is 11.1. The zero-order valence-electron chi connectivity index (χ0n) is 13.3. The molecule has 24 heavy (non-hydrogen) atoms. The van der Waals surface area contributed by atoms with Gasteiger partial charge in [0.2, 0.25) is 12.3 Å². The molecule has 0 aliphatic heterocycles. The van der Waals surface area contributed by atoms with Crippen LogP contribution in [0.1, 0.15) is 27.1 Å². The molecule has 1 aromatic heterocycles. The van der Waals surface area contributed by atoms with Crippen molar-refractivity contribution in [1.82, 2.24) is 0 Å². The number of hydrogen-bond acceptors (Lipinski definition) is 5. The van der Waals surface area contributed by atoms with Gasteiger partial charge in [0.1, 0.15) is 12.2 Å². The average molecular weight is 328 g/mol. The first-order chi connectivity index (χ1) is 11.6. The van der Waals surface area contributed by atoms with Crippen LogP contribution in [0.3, 0.4) is 0 Å². The van der Waals surface area contributed by atoms with Crippen LogP contribution >= 0.6 is 0 Å². The highest BCUT2D eigenvalue weighted by Crippen LogP contribution is 2.02. The first kappa shape index (κ1) is 17.3. The number of nitrogens with zero attached hydrogens (tertiary/aromatic N) is 1. The molecule has 0 fully saturated rings. The molecule has 2 aromatic rings. The minimum absolute atomic E-state index is 0.00155. The molecule has 0 aliphatic carbocycles. The summed E-state index contributed by atoms with van der Waals surface area (Å²) in [5, 5.41) is 0. The molecular formula is C18H18NO5+. The number of benzene rings is 1. The van der Waals surface area contributed by atoms with Gasteiger partial charge >= 0.3 is 11.9 Å². The van der Waals surface area contributed by atoms with Crippen LogP contribution in [0.5, 0.6) is 0 Å². The van der Waals surface area contributed by atoms with Crippen molar-refractivity contribution < 1.29 is 28.4 Å². The third-order valence-corrected chi connectivity index (χ3v) is 3.28. The lowest BCUT2D eigenvalue weighted by atomic mass is 10.1. The maximum atomic E-state index is 12.2. The molecule has 0 unspecified atom stereocenters. The van der Waals surface area contributed by atoms with Gasteiger partial charge in [0.25, 0.3) is 0 Å². The third-order valence-electron chi connectivity index (χ3n) is 3.28. The van der Waals surface area contributed by atoms with Crippen LogP contribution in [0.4, 0.5) is 0 Å². The normalized spacial score (nSPS) is 10.0. The van der Waals surface area contributed by atoms with E-state index in [9.17, 15) is 14.4 Å². The van der Waals surface area contributed by atoms with E-state index in [1.165, 1.54) is 7.11 Å². The fourth-order valence-electron chi connectivity index (χ4n) is 2.03. The van der Waals surface area contributed by atoms with Gasteiger partial charge in [-0.2, -0.15) is 4.57 Å². The van der Waals surface area contributed by atoms with Gasteiger partial charge in [0.15, 0.2) is 12.4 Å². The zero-order chi connectivity index (χ0) is 17.4. The maximum Gasteiger partial charge on any atom is 0.344 e. The monoisotopic (exact) mass is 328 g/mol. The van der Waals surface area contributed by atoms with Gasteiger partial charge in [-0.3, -0.25) is 9.59 Å². The number of methoxy groups -OCH3 is 1. The van der Waals surface area contributed by atoms with Crippen LogP contribution in [0.2, 0.25) is 0 Å². The molecule has 0 saturated heterocycles. The molecule has 124 valence electrons. The Kier molecular flexibility index (Phi) is 6.19. The smallest absolute Gasteiger partial charge is 0.344 e. The molecule has 6 heteroatoms. The molecule has 1 heterocycles. The van der Waals surface area contributed by atoms with Crippen LogP contribution in [0, 0.1) is 0 Å². The molecule has 0 aliphatic rings. The van der Waals surface area contributed by atoms with Crippen LogP contribution < -0.4 is 4.57 Å². The predicted molar refractivity (Wildman–Crippen MR) is 84.3 cm³/mol. The van der Waals surface area contributed by atoms with E-state index in [1.54, 1.807) is 53.4 Å². The second-order valence-electron chi connectivity index (χ2n) is 5.02. The number of carbonyl (C=O) groups excluding carboxylic acids is 3. The third kappa shape index (κ3) is 5.01. The fourth-order valence-corrected chi connectivity index (χ4v) is 2.03. The van der Waals surface area contributed by atoms with Crippen molar-refractivity contribution in [2.45, 2.75) is 13.0 Å². The Hall–Kier alpha value is -3.02. The van der Waals surface area contributed by atoms with Gasteiger partial charge in [0.05, 0.1) is 13.5 Å². The van der Waals surface area contributed by atoms with E-state index in [-0.39, 0.29) is 25.4 Å². The number of rotatable bonds is 7. The minimum atomic E-state index is -0.555. The van der Waals surface area contributed by atoms with Gasteiger partial charge < -0.3 is 9.47 Å². The number of esters is 2. The molecule has 0 atom stereocenters. The number of aromatic nitrogens is 1. The molecule has 0 amide bonds. The van der Waals surface area contributed by atoms with Crippen LogP contribution in [-0.4, -0.2) is 31.4 Å². The summed E-state index contributed by atoms with van der Waals surface area (Å²) in [6, 6.07) is 12.2. The SMILES string of the molecule is COC(=O)CCOC(=O)c1ccc[n+](CC(=O)c2ccccc2)c1. The van der Waals surface area contributed by atoms with Gasteiger partial charge in [-0.05, 0) is 6.07 Å². The maximum absolute atomic E-state index is 12.2. The largest absolute Gasteiger partial charge is 0.469 e. The standard InChI is InChI=1S/C18H18NO5/c1-23-17(21)9-11-24-18(22)15-8-5-10-19(12-15)13-16(20)14-6-3-2-4-7-14/h2-8,10,12H,9,11,13H2,1H3/q+1. The highest BCUT2D eigenvalue weighted by atomic mass is 16.5. The Balaban J connectivity index is 1.97. The van der Waals surface area contributed by atoms with E-state index in [4.69, 9.17) is 4.74 Å². The summed E-state index contributed by atoms with van der Waals surface area (Å²) in [5.74, 6) is -1.06. The van der Waals surface area contributed by atoms with Crippen LogP contribution in [0.15, 0.2) is 54.9 Å². The molecule has 0 N–H and O–H groups in total. The van der Waals surface area contributed by atoms with E-state index in [0.29, 0.717) is 11.1 Å². The lowest BCUT2D eigenvalue weighted by molar-refractivity contribution is -0.683. The lowest BCUT2D eigenvalue weighted by Crippen LogP contribution is -2.38. The predicted octanol–water partition coefficient (Wildman–Crippen LogP) is 1.58. The zero-order valence-corrected chi connectivity index (χ0v) is 13.3. The van der Waals surface area contributed by atoms with Gasteiger partial charge in [-0.1, -0.05) is 30.3 Å². The average Bonchev–Trinajstić information content (AvgIpc) is 2.62. The second-order valence-corrected chi connectivity index (χ2v) is 5.02. The summed E-state index contributed by atoms with van der Waals surface area (Å²) >= 11 is 0. The fraction of sp³-hybridized carbons (Fsp3) is 0.222. The molecule has 0 spiro atoms. The summed E-state index contributed by atoms with van der Waals surface area (Å²) in [6.07, 6.45) is 3.24. The van der Waals surface area contributed by atoms with Crippen LogP contribution in [-0.2, 0) is 20.8 Å². The van der Waals surface area contributed by atoms with Crippen molar-refractivity contribution in [2.75, 3.05) is 13.7 Å². The number of ketones is 1. The quantitative estimate of drug-likeness (QED) is 0.438. The lowest BCUT2D eigenvalue weighted by Gasteiger charge is -2.03. The number of Topliss-reactive ketones (excluding diaryl/α,β-unsaturated/α-hetero) is 1. The summed E-state index contributed by atoms with van der Waals surface area (Å²) in [4.78, 5) is 35.1. The molecule has 0 saturated carbocycles. The van der Waals surface area contributed by atoms with Gasteiger partial charge in [0, 0.05) is 11.6 Å². The number of pyridine rings is 1.